The van der Waals surface area contributed by atoms with E-state index in [4.69, 9.17) is 9.47 Å². The topological polar surface area (TPSA) is 43.4 Å². The van der Waals surface area contributed by atoms with Crippen molar-refractivity contribution in [3.05, 3.63) is 16.1 Å². The van der Waals surface area contributed by atoms with Crippen molar-refractivity contribution in [2.24, 2.45) is 5.92 Å². The minimum atomic E-state index is 0.497. The molecule has 4 nitrogen and oxygen atoms in total. The second-order valence-corrected chi connectivity index (χ2v) is 6.28. The van der Waals surface area contributed by atoms with Gasteiger partial charge in [0.1, 0.15) is 5.01 Å². The first-order valence-corrected chi connectivity index (χ1v) is 7.94. The molecule has 0 saturated carbocycles. The van der Waals surface area contributed by atoms with Crippen molar-refractivity contribution in [2.45, 2.75) is 45.9 Å². The van der Waals surface area contributed by atoms with Gasteiger partial charge in [0.25, 0.3) is 0 Å². The van der Waals surface area contributed by atoms with Crippen LogP contribution in [0.4, 0.5) is 0 Å². The highest BCUT2D eigenvalue weighted by Crippen LogP contribution is 2.16. The van der Waals surface area contributed by atoms with Gasteiger partial charge in [-0.15, -0.1) is 11.3 Å². The van der Waals surface area contributed by atoms with Crippen molar-refractivity contribution in [1.29, 1.82) is 0 Å². The Hall–Kier alpha value is -0.490. The number of rotatable bonds is 7. The van der Waals surface area contributed by atoms with E-state index in [0.717, 1.165) is 49.9 Å². The van der Waals surface area contributed by atoms with Crippen molar-refractivity contribution in [3.63, 3.8) is 0 Å². The second kappa shape index (κ2) is 7.94. The Kier molecular flexibility index (Phi) is 6.23. The summed E-state index contributed by atoms with van der Waals surface area (Å²) in [6.45, 7) is 8.38. The molecule has 0 unspecified atom stereocenters. The van der Waals surface area contributed by atoms with E-state index < -0.39 is 0 Å². The smallest absolute Gasteiger partial charge is 0.107 e. The summed E-state index contributed by atoms with van der Waals surface area (Å²) in [5.74, 6) is 0.662. The quantitative estimate of drug-likeness (QED) is 0.836. The summed E-state index contributed by atoms with van der Waals surface area (Å²) in [6.07, 6.45) is 2.25. The van der Waals surface area contributed by atoms with Crippen LogP contribution in [0.2, 0.25) is 0 Å². The number of ether oxygens (including phenoxy) is 2. The molecule has 0 atom stereocenters. The lowest BCUT2D eigenvalue weighted by molar-refractivity contribution is 0.0151. The van der Waals surface area contributed by atoms with Crippen LogP contribution in [-0.4, -0.2) is 30.8 Å². The van der Waals surface area contributed by atoms with Crippen LogP contribution in [0.3, 0.4) is 0 Å². The maximum absolute atomic E-state index is 5.77. The lowest BCUT2D eigenvalue weighted by Crippen LogP contribution is -2.21. The molecule has 2 heterocycles. The van der Waals surface area contributed by atoms with Crippen LogP contribution in [-0.2, 0) is 22.6 Å². The van der Waals surface area contributed by atoms with E-state index in [9.17, 15) is 0 Å². The monoisotopic (exact) mass is 284 g/mol. The van der Waals surface area contributed by atoms with Gasteiger partial charge in [0.05, 0.1) is 18.9 Å². The zero-order chi connectivity index (χ0) is 13.5. The number of hydrogen-bond acceptors (Lipinski definition) is 5. The minimum absolute atomic E-state index is 0.497. The molecule has 2 rings (SSSR count). The Balaban J connectivity index is 1.65. The Morgan fingerprint density at radius 3 is 3.00 bits per heavy atom. The Bertz CT molecular complexity index is 362. The maximum atomic E-state index is 5.77. The van der Waals surface area contributed by atoms with Crippen LogP contribution in [0.15, 0.2) is 5.38 Å². The normalized spacial score (nSPS) is 17.2. The molecule has 1 N–H and O–H groups in total. The van der Waals surface area contributed by atoms with Gasteiger partial charge in [-0.3, -0.25) is 0 Å². The van der Waals surface area contributed by atoms with Crippen LogP contribution in [0.1, 0.15) is 37.4 Å². The lowest BCUT2D eigenvalue weighted by atomic mass is 10.0. The molecule has 0 bridgehead atoms. The van der Waals surface area contributed by atoms with Gasteiger partial charge in [0.2, 0.25) is 0 Å². The van der Waals surface area contributed by atoms with E-state index >= 15 is 0 Å². The summed E-state index contributed by atoms with van der Waals surface area (Å²) in [5, 5.41) is 6.61. The highest BCUT2D eigenvalue weighted by atomic mass is 32.1. The molecule has 1 aliphatic rings. The van der Waals surface area contributed by atoms with E-state index in [-0.39, 0.29) is 0 Å². The Morgan fingerprint density at radius 2 is 2.26 bits per heavy atom. The van der Waals surface area contributed by atoms with Crippen LogP contribution in [0.5, 0.6) is 0 Å². The van der Waals surface area contributed by atoms with E-state index in [1.165, 1.54) is 0 Å². The van der Waals surface area contributed by atoms with E-state index in [0.29, 0.717) is 18.6 Å². The third kappa shape index (κ3) is 5.57. The number of nitrogens with zero attached hydrogens (tertiary/aromatic N) is 1. The van der Waals surface area contributed by atoms with E-state index in [2.05, 4.69) is 29.5 Å². The maximum Gasteiger partial charge on any atom is 0.107 e. The van der Waals surface area contributed by atoms with Gasteiger partial charge in [0, 0.05) is 31.2 Å². The number of nitrogens with one attached hydrogen (secondary N) is 1. The molecule has 0 aromatic carbocycles. The number of aromatic nitrogens is 1. The summed E-state index contributed by atoms with van der Waals surface area (Å²) < 4.78 is 11.1. The first kappa shape index (κ1) is 14.9. The molecule has 1 aromatic rings. The molecule has 1 aromatic heterocycles. The van der Waals surface area contributed by atoms with Gasteiger partial charge in [0.15, 0.2) is 0 Å². The Labute approximate surface area is 119 Å². The van der Waals surface area contributed by atoms with Gasteiger partial charge in [-0.25, -0.2) is 4.98 Å². The lowest BCUT2D eigenvalue weighted by Gasteiger charge is -2.21. The Morgan fingerprint density at radius 1 is 1.47 bits per heavy atom. The zero-order valence-electron chi connectivity index (χ0n) is 11.9. The fourth-order valence-corrected chi connectivity index (χ4v) is 2.76. The third-order valence-corrected chi connectivity index (χ3v) is 4.10. The third-order valence-electron chi connectivity index (χ3n) is 3.21. The zero-order valence-corrected chi connectivity index (χ0v) is 12.7. The van der Waals surface area contributed by atoms with Crippen LogP contribution < -0.4 is 5.32 Å². The summed E-state index contributed by atoms with van der Waals surface area (Å²) in [4.78, 5) is 4.57. The molecule has 0 aliphatic carbocycles. The molecular weight excluding hydrogens is 260 g/mol. The summed E-state index contributed by atoms with van der Waals surface area (Å²) in [7, 11) is 0. The van der Waals surface area contributed by atoms with Crippen molar-refractivity contribution in [1.82, 2.24) is 10.3 Å². The molecule has 108 valence electrons. The van der Waals surface area contributed by atoms with Crippen LogP contribution in [0.25, 0.3) is 0 Å². The van der Waals surface area contributed by atoms with Crippen molar-refractivity contribution < 1.29 is 9.47 Å². The van der Waals surface area contributed by atoms with Crippen molar-refractivity contribution >= 4 is 11.3 Å². The molecule has 0 radical (unpaired) electrons. The highest BCUT2D eigenvalue weighted by Gasteiger charge is 2.14. The predicted molar refractivity (Wildman–Crippen MR) is 77.3 cm³/mol. The van der Waals surface area contributed by atoms with Gasteiger partial charge >= 0.3 is 0 Å². The molecular formula is C14H24N2O2S. The first-order chi connectivity index (χ1) is 9.24. The molecule has 0 spiro atoms. The highest BCUT2D eigenvalue weighted by molar-refractivity contribution is 7.09. The molecule has 0 amide bonds. The van der Waals surface area contributed by atoms with Crippen molar-refractivity contribution in [2.75, 3.05) is 19.8 Å². The van der Waals surface area contributed by atoms with Crippen LogP contribution >= 0.6 is 11.3 Å². The number of hydrogen-bond donors (Lipinski definition) is 1. The van der Waals surface area contributed by atoms with Crippen LogP contribution in [0, 0.1) is 5.92 Å². The summed E-state index contributed by atoms with van der Waals surface area (Å²) in [5.41, 5.74) is 1.05. The molecule has 1 aliphatic heterocycles. The number of thiazole rings is 1. The molecule has 19 heavy (non-hydrogen) atoms. The molecule has 5 heteroatoms. The largest absolute Gasteiger partial charge is 0.381 e. The first-order valence-electron chi connectivity index (χ1n) is 7.06. The second-order valence-electron chi connectivity index (χ2n) is 5.34. The van der Waals surface area contributed by atoms with Gasteiger partial charge in [-0.1, -0.05) is 13.8 Å². The fourth-order valence-electron chi connectivity index (χ4n) is 2.03. The van der Waals surface area contributed by atoms with Crippen molar-refractivity contribution in [3.8, 4) is 0 Å². The SMILES string of the molecule is CC(C)NCc1nc(COCC2CCOCC2)cs1. The minimum Gasteiger partial charge on any atom is -0.381 e. The van der Waals surface area contributed by atoms with Gasteiger partial charge in [-0.05, 0) is 18.8 Å². The molecule has 1 fully saturated rings. The summed E-state index contributed by atoms with van der Waals surface area (Å²) in [6, 6.07) is 0.497. The van der Waals surface area contributed by atoms with E-state index in [1.54, 1.807) is 11.3 Å². The summed E-state index contributed by atoms with van der Waals surface area (Å²) >= 11 is 1.70. The van der Waals surface area contributed by atoms with Gasteiger partial charge < -0.3 is 14.8 Å². The van der Waals surface area contributed by atoms with Gasteiger partial charge in [-0.2, -0.15) is 0 Å². The standard InChI is InChI=1S/C14H24N2O2S/c1-11(2)15-7-14-16-13(10-19-14)9-18-8-12-3-5-17-6-4-12/h10-12,15H,3-9H2,1-2H3. The average Bonchev–Trinajstić information content (AvgIpc) is 2.86. The fraction of sp³-hybridized carbons (Fsp3) is 0.786. The van der Waals surface area contributed by atoms with E-state index in [1.807, 2.05) is 0 Å². The average molecular weight is 284 g/mol. The molecule has 1 saturated heterocycles. The predicted octanol–water partition coefficient (Wildman–Crippen LogP) is 2.58.